The van der Waals surface area contributed by atoms with Crippen LogP contribution in [0.5, 0.6) is 0 Å². The number of methoxy groups -OCH3 is 1. The normalized spacial score (nSPS) is 22.9. The summed E-state index contributed by atoms with van der Waals surface area (Å²) >= 11 is 0. The van der Waals surface area contributed by atoms with Crippen molar-refractivity contribution in [3.63, 3.8) is 0 Å². The lowest BCUT2D eigenvalue weighted by Gasteiger charge is -2.34. The minimum absolute atomic E-state index is 0.0992. The average molecular weight is 330 g/mol. The third kappa shape index (κ3) is 2.62. The van der Waals surface area contributed by atoms with E-state index in [0.717, 1.165) is 10.4 Å². The molecule has 22 heavy (non-hydrogen) atoms. The molecular formula is C14H19FN2O4S. The molecule has 6 nitrogen and oxygen atoms in total. The molecule has 2 rings (SSSR count). The number of primary amides is 1. The van der Waals surface area contributed by atoms with Gasteiger partial charge in [0.1, 0.15) is 16.3 Å². The molecule has 2 N–H and O–H groups in total. The first-order valence-corrected chi connectivity index (χ1v) is 8.27. The number of nitrogens with two attached hydrogens (primary N) is 1. The first kappa shape index (κ1) is 16.9. The van der Waals surface area contributed by atoms with Crippen LogP contribution in [0.3, 0.4) is 0 Å². The number of hydrogen-bond donors (Lipinski definition) is 1. The molecule has 0 radical (unpaired) electrons. The molecule has 1 aliphatic heterocycles. The van der Waals surface area contributed by atoms with Crippen molar-refractivity contribution in [2.45, 2.75) is 30.2 Å². The van der Waals surface area contributed by atoms with Crippen molar-refractivity contribution >= 4 is 15.9 Å². The third-order valence-electron chi connectivity index (χ3n) is 3.93. The highest BCUT2D eigenvalue weighted by atomic mass is 32.2. The second kappa shape index (κ2) is 5.94. The van der Waals surface area contributed by atoms with Gasteiger partial charge in [0.15, 0.2) is 0 Å². The number of carbonyl (C=O) groups excluding carboxylic acids is 1. The van der Waals surface area contributed by atoms with E-state index in [9.17, 15) is 17.6 Å². The first-order chi connectivity index (χ1) is 10.3. The number of ether oxygens (including phenoxy) is 1. The van der Waals surface area contributed by atoms with Crippen LogP contribution in [0.4, 0.5) is 4.39 Å². The Morgan fingerprint density at radius 3 is 2.73 bits per heavy atom. The van der Waals surface area contributed by atoms with Gasteiger partial charge in [-0.2, -0.15) is 4.31 Å². The van der Waals surface area contributed by atoms with E-state index in [2.05, 4.69) is 0 Å². The Bertz CT molecular complexity index is 692. The molecule has 0 aromatic heterocycles. The molecule has 1 aromatic carbocycles. The van der Waals surface area contributed by atoms with Crippen LogP contribution in [0.15, 0.2) is 23.1 Å². The summed E-state index contributed by atoms with van der Waals surface area (Å²) in [5.74, 6) is -1.63. The van der Waals surface area contributed by atoms with Crippen LogP contribution >= 0.6 is 0 Å². The van der Waals surface area contributed by atoms with Crippen molar-refractivity contribution in [1.82, 2.24) is 4.31 Å². The summed E-state index contributed by atoms with van der Waals surface area (Å²) in [6.45, 7) is 1.60. The molecule has 1 amide bonds. The van der Waals surface area contributed by atoms with E-state index < -0.39 is 32.2 Å². The summed E-state index contributed by atoms with van der Waals surface area (Å²) in [7, 11) is -2.82. The van der Waals surface area contributed by atoms with Gasteiger partial charge in [-0.05, 0) is 37.5 Å². The van der Waals surface area contributed by atoms with E-state index in [1.54, 1.807) is 6.92 Å². The van der Waals surface area contributed by atoms with E-state index in [1.165, 1.54) is 19.2 Å². The lowest BCUT2D eigenvalue weighted by atomic mass is 9.98. The van der Waals surface area contributed by atoms with Gasteiger partial charge < -0.3 is 10.5 Å². The number of carbonyl (C=O) groups is 1. The molecule has 0 aliphatic carbocycles. The standard InChI is InChI=1S/C14H19FN2O4S/c1-10-4-5-12(11(15)8-10)22(19,20)17-7-3-6-14(17,9-21-2)13(16)18/h4-5,8H,3,6-7,9H2,1-2H3,(H2,16,18). The Labute approximate surface area is 129 Å². The van der Waals surface area contributed by atoms with Gasteiger partial charge in [-0.1, -0.05) is 6.07 Å². The smallest absolute Gasteiger partial charge is 0.247 e. The molecule has 1 fully saturated rings. The predicted molar refractivity (Wildman–Crippen MR) is 78.1 cm³/mol. The van der Waals surface area contributed by atoms with Crippen LogP contribution in [0.2, 0.25) is 0 Å². The van der Waals surface area contributed by atoms with Gasteiger partial charge in [-0.25, -0.2) is 12.8 Å². The second-order valence-corrected chi connectivity index (χ2v) is 7.27. The van der Waals surface area contributed by atoms with E-state index in [4.69, 9.17) is 10.5 Å². The fraction of sp³-hybridized carbons (Fsp3) is 0.500. The van der Waals surface area contributed by atoms with Crippen LogP contribution in [0.25, 0.3) is 0 Å². The van der Waals surface area contributed by atoms with Crippen molar-refractivity contribution in [3.8, 4) is 0 Å². The van der Waals surface area contributed by atoms with Gasteiger partial charge in [0.25, 0.3) is 0 Å². The van der Waals surface area contributed by atoms with Crippen LogP contribution in [0, 0.1) is 12.7 Å². The minimum Gasteiger partial charge on any atom is -0.382 e. The predicted octanol–water partition coefficient (Wildman–Crippen LogP) is 0.789. The third-order valence-corrected chi connectivity index (χ3v) is 5.93. The fourth-order valence-corrected chi connectivity index (χ4v) is 4.68. The zero-order valence-corrected chi connectivity index (χ0v) is 13.3. The summed E-state index contributed by atoms with van der Waals surface area (Å²) in [6, 6.07) is 3.86. The number of rotatable bonds is 5. The number of benzene rings is 1. The summed E-state index contributed by atoms with van der Waals surface area (Å²) in [5.41, 5.74) is 4.57. The molecule has 1 heterocycles. The van der Waals surface area contributed by atoms with Gasteiger partial charge in [-0.3, -0.25) is 4.79 Å². The highest BCUT2D eigenvalue weighted by Crippen LogP contribution is 2.35. The number of nitrogens with zero attached hydrogens (tertiary/aromatic N) is 1. The highest BCUT2D eigenvalue weighted by Gasteiger charge is 2.52. The van der Waals surface area contributed by atoms with Gasteiger partial charge in [-0.15, -0.1) is 0 Å². The average Bonchev–Trinajstić information content (AvgIpc) is 2.84. The fourth-order valence-electron chi connectivity index (χ4n) is 2.84. The van der Waals surface area contributed by atoms with Crippen LogP contribution in [-0.4, -0.2) is 44.4 Å². The Kier molecular flexibility index (Phi) is 4.55. The number of hydrogen-bond acceptors (Lipinski definition) is 4. The Balaban J connectivity index is 2.54. The topological polar surface area (TPSA) is 89.7 Å². The zero-order chi connectivity index (χ0) is 16.5. The number of aryl methyl sites for hydroxylation is 1. The number of amides is 1. The zero-order valence-electron chi connectivity index (χ0n) is 12.5. The largest absolute Gasteiger partial charge is 0.382 e. The maximum atomic E-state index is 14.1. The molecule has 0 saturated carbocycles. The summed E-state index contributed by atoms with van der Waals surface area (Å²) in [5, 5.41) is 0. The van der Waals surface area contributed by atoms with E-state index >= 15 is 0 Å². The summed E-state index contributed by atoms with van der Waals surface area (Å²) in [4.78, 5) is 11.4. The van der Waals surface area contributed by atoms with E-state index in [-0.39, 0.29) is 19.6 Å². The number of sulfonamides is 1. The maximum Gasteiger partial charge on any atom is 0.247 e. The molecule has 1 saturated heterocycles. The summed E-state index contributed by atoms with van der Waals surface area (Å²) in [6.07, 6.45) is 0.710. The molecule has 122 valence electrons. The highest BCUT2D eigenvalue weighted by molar-refractivity contribution is 7.89. The molecule has 0 bridgehead atoms. The monoisotopic (exact) mass is 330 g/mol. The molecule has 8 heteroatoms. The molecular weight excluding hydrogens is 311 g/mol. The van der Waals surface area contributed by atoms with Crippen molar-refractivity contribution in [3.05, 3.63) is 29.6 Å². The number of halogens is 1. The molecule has 1 atom stereocenters. The van der Waals surface area contributed by atoms with Gasteiger partial charge in [0.05, 0.1) is 6.61 Å². The van der Waals surface area contributed by atoms with Crippen molar-refractivity contribution in [2.75, 3.05) is 20.3 Å². The molecule has 0 spiro atoms. The van der Waals surface area contributed by atoms with Crippen molar-refractivity contribution < 1.29 is 22.3 Å². The van der Waals surface area contributed by atoms with Crippen molar-refractivity contribution in [2.24, 2.45) is 5.73 Å². The van der Waals surface area contributed by atoms with Crippen LogP contribution in [-0.2, 0) is 19.6 Å². The Hall–Kier alpha value is -1.51. The van der Waals surface area contributed by atoms with Gasteiger partial charge in [0.2, 0.25) is 15.9 Å². The minimum atomic E-state index is -4.18. The maximum absolute atomic E-state index is 14.1. The molecule has 1 aromatic rings. The Morgan fingerprint density at radius 2 is 2.18 bits per heavy atom. The summed E-state index contributed by atoms with van der Waals surface area (Å²) < 4.78 is 45.6. The van der Waals surface area contributed by atoms with Gasteiger partial charge in [0, 0.05) is 13.7 Å². The molecule has 1 unspecified atom stereocenters. The SMILES string of the molecule is COCC1(C(N)=O)CCCN1S(=O)(=O)c1ccc(C)cc1F. The van der Waals surface area contributed by atoms with Crippen molar-refractivity contribution in [1.29, 1.82) is 0 Å². The van der Waals surface area contributed by atoms with Crippen LogP contribution < -0.4 is 5.73 Å². The first-order valence-electron chi connectivity index (χ1n) is 6.83. The lowest BCUT2D eigenvalue weighted by Crippen LogP contribution is -2.58. The van der Waals surface area contributed by atoms with E-state index in [1.807, 2.05) is 0 Å². The second-order valence-electron chi connectivity index (χ2n) is 5.44. The van der Waals surface area contributed by atoms with Gasteiger partial charge >= 0.3 is 0 Å². The lowest BCUT2D eigenvalue weighted by molar-refractivity contribution is -0.128. The van der Waals surface area contributed by atoms with Crippen LogP contribution in [0.1, 0.15) is 18.4 Å². The Morgan fingerprint density at radius 1 is 1.50 bits per heavy atom. The van der Waals surface area contributed by atoms with E-state index in [0.29, 0.717) is 12.0 Å². The molecule has 1 aliphatic rings. The quantitative estimate of drug-likeness (QED) is 0.864.